The van der Waals surface area contributed by atoms with Gasteiger partial charge in [-0.05, 0) is 0 Å². The molecule has 0 rings (SSSR count). The lowest BCUT2D eigenvalue weighted by Gasteiger charge is -2.09. The average molecular weight is 827 g/mol. The van der Waals surface area contributed by atoms with Gasteiger partial charge < -0.3 is 86.0 Å². The van der Waals surface area contributed by atoms with Gasteiger partial charge in [-0.3, -0.25) is 0 Å². The highest BCUT2D eigenvalue weighted by Crippen LogP contribution is 1.89. The topological polar surface area (TPSA) is 207 Å². The van der Waals surface area contributed by atoms with E-state index in [1.807, 2.05) is 0 Å². The van der Waals surface area contributed by atoms with Gasteiger partial charge in [0.2, 0.25) is 0 Å². The molecule has 0 unspecified atom stereocenters. The molecule has 0 aliphatic heterocycles. The zero-order valence-corrected chi connectivity index (χ0v) is 33.7. The fourth-order valence-electron chi connectivity index (χ4n) is 3.72. The van der Waals surface area contributed by atoms with Crippen LogP contribution < -0.4 is 0 Å². The van der Waals surface area contributed by atoms with Gasteiger partial charge in [-0.15, -0.1) is 0 Å². The van der Waals surface area contributed by atoms with Crippen LogP contribution in [0.2, 0.25) is 0 Å². The first-order valence-electron chi connectivity index (χ1n) is 19.6. The van der Waals surface area contributed by atoms with Crippen molar-refractivity contribution in [2.75, 3.05) is 238 Å². The first-order chi connectivity index (χ1) is 27.9. The Bertz CT molecular complexity index is 620. The van der Waals surface area contributed by atoms with Gasteiger partial charge in [-0.1, -0.05) is 0 Å². The Balaban J connectivity index is 3.05. The van der Waals surface area contributed by atoms with Crippen molar-refractivity contribution in [3.63, 3.8) is 0 Å². The van der Waals surface area contributed by atoms with Crippen molar-refractivity contribution < 1.29 is 95.8 Å². The third kappa shape index (κ3) is 53.2. The third-order valence-corrected chi connectivity index (χ3v) is 6.38. The molecular weight excluding hydrogens is 752 g/mol. The number of rotatable bonds is 53. The van der Waals surface area contributed by atoms with Crippen LogP contribution in [0.5, 0.6) is 0 Å². The van der Waals surface area contributed by atoms with Crippen LogP contribution in [-0.2, 0) is 85.6 Å². The number of aliphatic hydroxyl groups excluding tert-OH is 2. The maximum absolute atomic E-state index is 8.59. The van der Waals surface area contributed by atoms with Crippen molar-refractivity contribution in [2.24, 2.45) is 0 Å². The molecule has 2 N–H and O–H groups in total. The Morgan fingerprint density at radius 3 is 0.375 bits per heavy atom. The molecule has 0 aromatic rings. The van der Waals surface area contributed by atoms with Crippen LogP contribution in [0.1, 0.15) is 0 Å². The number of hydrogen-bond donors (Lipinski definition) is 2. The molecule has 0 aromatic carbocycles. The number of ether oxygens (including phenoxy) is 16. The molecular formula is C36H74O20. The normalized spacial score (nSPS) is 11.7. The molecule has 20 heteroatoms. The highest BCUT2D eigenvalue weighted by atomic mass is 17.2. The summed E-state index contributed by atoms with van der Waals surface area (Å²) in [6.07, 6.45) is 0. The Hall–Kier alpha value is -0.800. The second-order valence-electron chi connectivity index (χ2n) is 10.9. The van der Waals surface area contributed by atoms with Gasteiger partial charge in [-0.25, -0.2) is 9.78 Å². The van der Waals surface area contributed by atoms with E-state index in [0.29, 0.717) is 225 Å². The second kappa shape index (κ2) is 54.2. The standard InChI is InChI=1S/C36H74O20/c37-1-3-39-5-7-41-9-11-43-13-15-45-17-19-47-21-23-49-25-27-51-29-31-53-33-35-55-56-36-34-54-32-30-52-28-26-50-24-22-48-20-18-46-16-14-44-12-10-42-8-6-40-4-2-38/h37-38H,1-36H2. The molecule has 338 valence electrons. The molecule has 56 heavy (non-hydrogen) atoms. The van der Waals surface area contributed by atoms with E-state index in [1.165, 1.54) is 0 Å². The highest BCUT2D eigenvalue weighted by molar-refractivity contribution is 4.40. The van der Waals surface area contributed by atoms with Gasteiger partial charge in [0.05, 0.1) is 225 Å². The lowest BCUT2D eigenvalue weighted by Crippen LogP contribution is -2.15. The van der Waals surface area contributed by atoms with Crippen molar-refractivity contribution in [1.82, 2.24) is 0 Å². The molecule has 0 bridgehead atoms. The lowest BCUT2D eigenvalue weighted by atomic mass is 10.6. The molecule has 0 atom stereocenters. The highest BCUT2D eigenvalue weighted by Gasteiger charge is 1.98. The van der Waals surface area contributed by atoms with Crippen molar-refractivity contribution in [1.29, 1.82) is 0 Å². The minimum Gasteiger partial charge on any atom is -0.394 e. The molecule has 0 spiro atoms. The minimum absolute atomic E-state index is 0.0187. The fraction of sp³-hybridized carbons (Fsp3) is 1.00. The number of aliphatic hydroxyl groups is 2. The van der Waals surface area contributed by atoms with Crippen molar-refractivity contribution in [3.05, 3.63) is 0 Å². The van der Waals surface area contributed by atoms with Gasteiger partial charge in [0.15, 0.2) is 0 Å². The molecule has 0 aliphatic rings. The van der Waals surface area contributed by atoms with Crippen LogP contribution in [0.15, 0.2) is 0 Å². The summed E-state index contributed by atoms with van der Waals surface area (Å²) in [4.78, 5) is 10.1. The van der Waals surface area contributed by atoms with E-state index in [0.717, 1.165) is 0 Å². The van der Waals surface area contributed by atoms with E-state index in [-0.39, 0.29) is 13.2 Å². The maximum Gasteiger partial charge on any atom is 0.106 e. The van der Waals surface area contributed by atoms with Gasteiger partial charge >= 0.3 is 0 Å². The quantitative estimate of drug-likeness (QED) is 0.0437. The number of hydrogen-bond acceptors (Lipinski definition) is 20. The Morgan fingerprint density at radius 2 is 0.250 bits per heavy atom. The first kappa shape index (κ1) is 55.2. The molecule has 0 fully saturated rings. The smallest absolute Gasteiger partial charge is 0.106 e. The monoisotopic (exact) mass is 826 g/mol. The average Bonchev–Trinajstić information content (AvgIpc) is 3.21. The SMILES string of the molecule is OCCOCCOCCOCCOCCOCCOCCOCCOCCOOCCOCCOCCOCCOCCOCCOCCOCCOCCO. The van der Waals surface area contributed by atoms with E-state index in [1.54, 1.807) is 0 Å². The summed E-state index contributed by atoms with van der Waals surface area (Å²) in [5.41, 5.74) is 0. The van der Waals surface area contributed by atoms with Gasteiger partial charge in [-0.2, -0.15) is 0 Å². The second-order valence-corrected chi connectivity index (χ2v) is 10.9. The molecule has 0 saturated heterocycles. The van der Waals surface area contributed by atoms with Crippen LogP contribution in [0, 0.1) is 0 Å². The van der Waals surface area contributed by atoms with E-state index in [4.69, 9.17) is 95.8 Å². The van der Waals surface area contributed by atoms with Crippen LogP contribution >= 0.6 is 0 Å². The largest absolute Gasteiger partial charge is 0.394 e. The van der Waals surface area contributed by atoms with Gasteiger partial charge in [0.25, 0.3) is 0 Å². The predicted molar refractivity (Wildman–Crippen MR) is 199 cm³/mol. The molecule has 0 heterocycles. The fourth-order valence-corrected chi connectivity index (χ4v) is 3.72. The minimum atomic E-state index is 0.0187. The molecule has 0 aromatic heterocycles. The summed E-state index contributed by atoms with van der Waals surface area (Å²) in [5, 5.41) is 17.2. The summed E-state index contributed by atoms with van der Waals surface area (Å²) < 4.78 is 86.1. The Kier molecular flexibility index (Phi) is 53.4. The van der Waals surface area contributed by atoms with Gasteiger partial charge in [0.1, 0.15) is 13.2 Å². The van der Waals surface area contributed by atoms with E-state index >= 15 is 0 Å². The summed E-state index contributed by atoms with van der Waals surface area (Å²) in [6, 6.07) is 0. The van der Waals surface area contributed by atoms with Crippen LogP contribution in [-0.4, -0.2) is 248 Å². The van der Waals surface area contributed by atoms with Crippen molar-refractivity contribution >= 4 is 0 Å². The Labute approximate surface area is 333 Å². The molecule has 0 aliphatic carbocycles. The Morgan fingerprint density at radius 1 is 0.143 bits per heavy atom. The van der Waals surface area contributed by atoms with Gasteiger partial charge in [0, 0.05) is 0 Å². The molecule has 0 saturated carbocycles. The molecule has 0 amide bonds. The van der Waals surface area contributed by atoms with E-state index in [9.17, 15) is 0 Å². The first-order valence-corrected chi connectivity index (χ1v) is 19.6. The van der Waals surface area contributed by atoms with Crippen molar-refractivity contribution in [3.8, 4) is 0 Å². The summed E-state index contributed by atoms with van der Waals surface area (Å²) in [7, 11) is 0. The lowest BCUT2D eigenvalue weighted by molar-refractivity contribution is -0.303. The predicted octanol–water partition coefficient (Wildman–Crippen LogP) is -0.815. The van der Waals surface area contributed by atoms with Crippen LogP contribution in [0.4, 0.5) is 0 Å². The summed E-state index contributed by atoms with van der Waals surface area (Å²) >= 11 is 0. The zero-order valence-electron chi connectivity index (χ0n) is 33.7. The van der Waals surface area contributed by atoms with Crippen molar-refractivity contribution in [2.45, 2.75) is 0 Å². The maximum atomic E-state index is 8.59. The van der Waals surface area contributed by atoms with E-state index < -0.39 is 0 Å². The third-order valence-electron chi connectivity index (χ3n) is 6.38. The van der Waals surface area contributed by atoms with Crippen LogP contribution in [0.3, 0.4) is 0 Å². The van der Waals surface area contributed by atoms with E-state index in [2.05, 4.69) is 0 Å². The molecule has 0 radical (unpaired) electrons. The van der Waals surface area contributed by atoms with Crippen LogP contribution in [0.25, 0.3) is 0 Å². The zero-order chi connectivity index (χ0) is 40.2. The molecule has 20 nitrogen and oxygen atoms in total. The summed E-state index contributed by atoms with van der Waals surface area (Å²) in [5.74, 6) is 0. The summed E-state index contributed by atoms with van der Waals surface area (Å²) in [6.45, 7) is 15.6.